The van der Waals surface area contributed by atoms with Crippen LogP contribution in [0.25, 0.3) is 0 Å². The minimum atomic E-state index is 0.0931. The lowest BCUT2D eigenvalue weighted by Crippen LogP contribution is -2.12. The molecule has 1 aromatic heterocycles. The zero-order valence-corrected chi connectivity index (χ0v) is 13.0. The zero-order chi connectivity index (χ0) is 15.5. The number of nitrogens with zero attached hydrogens (tertiary/aromatic N) is 2. The zero-order valence-electron chi connectivity index (χ0n) is 13.0. The SMILES string of the molecule is Cc1cc(NN)nc(COc2cccc(C(C)(C)C)c2)n1. The van der Waals surface area contributed by atoms with Gasteiger partial charge in [-0.2, -0.15) is 0 Å². The molecule has 0 bridgehead atoms. The molecule has 0 atom stereocenters. The van der Waals surface area contributed by atoms with Crippen molar-refractivity contribution < 1.29 is 4.74 Å². The van der Waals surface area contributed by atoms with Gasteiger partial charge in [0.05, 0.1) is 0 Å². The van der Waals surface area contributed by atoms with Gasteiger partial charge < -0.3 is 10.2 Å². The van der Waals surface area contributed by atoms with Crippen LogP contribution >= 0.6 is 0 Å². The number of nitrogens with one attached hydrogen (secondary N) is 1. The van der Waals surface area contributed by atoms with Crippen LogP contribution in [0.1, 0.15) is 37.9 Å². The number of hydrogen-bond donors (Lipinski definition) is 2. The van der Waals surface area contributed by atoms with Gasteiger partial charge in [0, 0.05) is 11.8 Å². The summed E-state index contributed by atoms with van der Waals surface area (Å²) < 4.78 is 5.79. The fourth-order valence-electron chi connectivity index (χ4n) is 1.97. The Hall–Kier alpha value is -2.14. The highest BCUT2D eigenvalue weighted by atomic mass is 16.5. The Kier molecular flexibility index (Phi) is 4.43. The second kappa shape index (κ2) is 6.10. The van der Waals surface area contributed by atoms with Crippen molar-refractivity contribution in [2.45, 2.75) is 39.7 Å². The van der Waals surface area contributed by atoms with Crippen LogP contribution in [0, 0.1) is 6.92 Å². The number of aromatic nitrogens is 2. The van der Waals surface area contributed by atoms with Gasteiger partial charge in [-0.05, 0) is 30.0 Å². The summed E-state index contributed by atoms with van der Waals surface area (Å²) in [5.74, 6) is 7.38. The van der Waals surface area contributed by atoms with E-state index < -0.39 is 0 Å². The highest BCUT2D eigenvalue weighted by molar-refractivity contribution is 5.34. The summed E-state index contributed by atoms with van der Waals surface area (Å²) in [5, 5.41) is 0. The van der Waals surface area contributed by atoms with Crippen molar-refractivity contribution in [3.8, 4) is 5.75 Å². The molecule has 0 amide bonds. The number of nitrogens with two attached hydrogens (primary N) is 1. The van der Waals surface area contributed by atoms with Gasteiger partial charge in [0.2, 0.25) is 0 Å². The number of nitrogen functional groups attached to an aromatic ring is 1. The molecule has 1 aromatic carbocycles. The van der Waals surface area contributed by atoms with E-state index in [2.05, 4.69) is 48.3 Å². The van der Waals surface area contributed by atoms with Crippen LogP contribution < -0.4 is 16.0 Å². The first-order valence-corrected chi connectivity index (χ1v) is 6.93. The maximum absolute atomic E-state index is 5.79. The highest BCUT2D eigenvalue weighted by Crippen LogP contribution is 2.25. The fourth-order valence-corrected chi connectivity index (χ4v) is 1.97. The van der Waals surface area contributed by atoms with Crippen LogP contribution in [0.3, 0.4) is 0 Å². The van der Waals surface area contributed by atoms with E-state index in [4.69, 9.17) is 10.6 Å². The van der Waals surface area contributed by atoms with Gasteiger partial charge in [0.25, 0.3) is 0 Å². The van der Waals surface area contributed by atoms with Crippen LogP contribution in [0.2, 0.25) is 0 Å². The number of aryl methyl sites for hydroxylation is 1. The molecule has 5 heteroatoms. The molecule has 1 heterocycles. The van der Waals surface area contributed by atoms with E-state index in [9.17, 15) is 0 Å². The Labute approximate surface area is 125 Å². The molecule has 0 saturated heterocycles. The Morgan fingerprint density at radius 3 is 2.62 bits per heavy atom. The third kappa shape index (κ3) is 4.16. The molecule has 2 aromatic rings. The molecule has 0 aliphatic heterocycles. The normalized spacial score (nSPS) is 11.3. The van der Waals surface area contributed by atoms with E-state index in [1.807, 2.05) is 19.1 Å². The first-order valence-electron chi connectivity index (χ1n) is 6.93. The minimum Gasteiger partial charge on any atom is -0.486 e. The quantitative estimate of drug-likeness (QED) is 0.668. The second-order valence-electron chi connectivity index (χ2n) is 6.02. The lowest BCUT2D eigenvalue weighted by Gasteiger charge is -2.19. The van der Waals surface area contributed by atoms with E-state index in [0.29, 0.717) is 18.2 Å². The summed E-state index contributed by atoms with van der Waals surface area (Å²) in [6.07, 6.45) is 0. The van der Waals surface area contributed by atoms with Gasteiger partial charge in [-0.25, -0.2) is 15.8 Å². The van der Waals surface area contributed by atoms with Gasteiger partial charge >= 0.3 is 0 Å². The Morgan fingerprint density at radius 1 is 1.19 bits per heavy atom. The van der Waals surface area contributed by atoms with Gasteiger partial charge in [-0.15, -0.1) is 0 Å². The predicted octanol–water partition coefficient (Wildman–Crippen LogP) is 2.95. The first-order chi connectivity index (χ1) is 9.88. The smallest absolute Gasteiger partial charge is 0.168 e. The molecule has 2 rings (SSSR count). The predicted molar refractivity (Wildman–Crippen MR) is 84.1 cm³/mol. The van der Waals surface area contributed by atoms with E-state index in [1.165, 1.54) is 5.56 Å². The summed E-state index contributed by atoms with van der Waals surface area (Å²) >= 11 is 0. The summed E-state index contributed by atoms with van der Waals surface area (Å²) in [4.78, 5) is 8.60. The molecule has 0 spiro atoms. The van der Waals surface area contributed by atoms with Gasteiger partial charge in [-0.1, -0.05) is 32.9 Å². The van der Waals surface area contributed by atoms with Crippen molar-refractivity contribution in [3.63, 3.8) is 0 Å². The summed E-state index contributed by atoms with van der Waals surface area (Å²) in [6, 6.07) is 9.88. The van der Waals surface area contributed by atoms with E-state index in [1.54, 1.807) is 6.07 Å². The molecule has 0 aliphatic carbocycles. The monoisotopic (exact) mass is 286 g/mol. The number of rotatable bonds is 4. The van der Waals surface area contributed by atoms with Gasteiger partial charge in [0.15, 0.2) is 5.82 Å². The Balaban J connectivity index is 2.11. The topological polar surface area (TPSA) is 73.1 Å². The molecule has 0 aliphatic rings. The molecular weight excluding hydrogens is 264 g/mol. The third-order valence-electron chi connectivity index (χ3n) is 3.12. The van der Waals surface area contributed by atoms with E-state index >= 15 is 0 Å². The van der Waals surface area contributed by atoms with Gasteiger partial charge in [-0.3, -0.25) is 0 Å². The van der Waals surface area contributed by atoms with Crippen LogP contribution in [0.5, 0.6) is 5.75 Å². The highest BCUT2D eigenvalue weighted by Gasteiger charge is 2.14. The van der Waals surface area contributed by atoms with Crippen molar-refractivity contribution in [1.82, 2.24) is 9.97 Å². The van der Waals surface area contributed by atoms with Crippen molar-refractivity contribution in [1.29, 1.82) is 0 Å². The molecule has 0 saturated carbocycles. The lowest BCUT2D eigenvalue weighted by molar-refractivity contribution is 0.295. The largest absolute Gasteiger partial charge is 0.486 e. The first kappa shape index (κ1) is 15.3. The van der Waals surface area contributed by atoms with Crippen molar-refractivity contribution >= 4 is 5.82 Å². The molecule has 0 fully saturated rings. The van der Waals surface area contributed by atoms with Crippen LogP contribution in [0.4, 0.5) is 5.82 Å². The maximum atomic E-state index is 5.79. The molecule has 112 valence electrons. The third-order valence-corrected chi connectivity index (χ3v) is 3.12. The van der Waals surface area contributed by atoms with Crippen molar-refractivity contribution in [2.75, 3.05) is 5.43 Å². The lowest BCUT2D eigenvalue weighted by atomic mass is 9.87. The minimum absolute atomic E-state index is 0.0931. The van der Waals surface area contributed by atoms with Crippen LogP contribution in [-0.2, 0) is 12.0 Å². The molecule has 3 N–H and O–H groups in total. The molecule has 0 radical (unpaired) electrons. The van der Waals surface area contributed by atoms with Crippen molar-refractivity contribution in [2.24, 2.45) is 5.84 Å². The van der Waals surface area contributed by atoms with E-state index in [0.717, 1.165) is 11.4 Å². The van der Waals surface area contributed by atoms with Gasteiger partial charge in [0.1, 0.15) is 18.2 Å². The Morgan fingerprint density at radius 2 is 1.95 bits per heavy atom. The Bertz CT molecular complexity index is 620. The molecule has 0 unspecified atom stereocenters. The van der Waals surface area contributed by atoms with Crippen molar-refractivity contribution in [3.05, 3.63) is 47.4 Å². The molecule has 5 nitrogen and oxygen atoms in total. The summed E-state index contributed by atoms with van der Waals surface area (Å²) in [7, 11) is 0. The number of hydrazine groups is 1. The second-order valence-corrected chi connectivity index (χ2v) is 6.02. The number of hydrogen-bond acceptors (Lipinski definition) is 5. The molecular formula is C16H22N4O. The average Bonchev–Trinajstić information content (AvgIpc) is 2.44. The van der Waals surface area contributed by atoms with Crippen LogP contribution in [-0.4, -0.2) is 9.97 Å². The summed E-state index contributed by atoms with van der Waals surface area (Å²) in [6.45, 7) is 8.73. The maximum Gasteiger partial charge on any atom is 0.168 e. The summed E-state index contributed by atoms with van der Waals surface area (Å²) in [5.41, 5.74) is 4.70. The van der Waals surface area contributed by atoms with Crippen LogP contribution in [0.15, 0.2) is 30.3 Å². The fraction of sp³-hybridized carbons (Fsp3) is 0.375. The number of ether oxygens (including phenoxy) is 1. The average molecular weight is 286 g/mol. The number of anilines is 1. The van der Waals surface area contributed by atoms with E-state index in [-0.39, 0.29) is 5.41 Å². The molecule has 21 heavy (non-hydrogen) atoms. The standard InChI is InChI=1S/C16H22N4O/c1-11-8-14(20-17)19-15(18-11)10-21-13-7-5-6-12(9-13)16(2,3)4/h5-9H,10,17H2,1-4H3,(H,18,19,20). The number of benzene rings is 1.